The van der Waals surface area contributed by atoms with E-state index < -0.39 is 5.97 Å². The van der Waals surface area contributed by atoms with Gasteiger partial charge in [-0.2, -0.15) is 0 Å². The highest BCUT2D eigenvalue weighted by molar-refractivity contribution is 6.30. The van der Waals surface area contributed by atoms with Crippen molar-refractivity contribution < 1.29 is 28.6 Å². The van der Waals surface area contributed by atoms with E-state index in [2.05, 4.69) is 4.74 Å². The van der Waals surface area contributed by atoms with E-state index in [1.165, 1.54) is 7.11 Å². The van der Waals surface area contributed by atoms with Crippen LogP contribution in [-0.2, 0) is 4.74 Å². The van der Waals surface area contributed by atoms with Gasteiger partial charge in [-0.25, -0.2) is 4.79 Å². The molecule has 0 aliphatic carbocycles. The molecule has 0 saturated carbocycles. The molecule has 0 aromatic heterocycles. The Hall–Kier alpha value is -3.90. The molecule has 6 nitrogen and oxygen atoms in total. The summed E-state index contributed by atoms with van der Waals surface area (Å²) in [6.45, 7) is 1.60. The Morgan fingerprint density at radius 1 is 0.970 bits per heavy atom. The molecule has 166 valence electrons. The van der Waals surface area contributed by atoms with Gasteiger partial charge in [-0.15, -0.1) is 0 Å². The number of rotatable bonds is 6. The van der Waals surface area contributed by atoms with E-state index >= 15 is 0 Å². The monoisotopic (exact) mass is 462 g/mol. The van der Waals surface area contributed by atoms with Crippen molar-refractivity contribution in [3.8, 4) is 11.5 Å². The van der Waals surface area contributed by atoms with Crippen LogP contribution in [-0.4, -0.2) is 31.3 Å². The first-order valence-corrected chi connectivity index (χ1v) is 10.4. The minimum Gasteiger partial charge on any atom is -0.485 e. The number of hydrogen-bond donors (Lipinski definition) is 0. The highest BCUT2D eigenvalue weighted by Gasteiger charge is 2.30. The Kier molecular flexibility index (Phi) is 6.29. The number of hydrogen-bond acceptors (Lipinski definition) is 6. The van der Waals surface area contributed by atoms with E-state index in [1.54, 1.807) is 73.7 Å². The lowest BCUT2D eigenvalue weighted by Gasteiger charge is -2.11. The minimum atomic E-state index is -0.438. The third-order valence-corrected chi connectivity index (χ3v) is 5.44. The summed E-state index contributed by atoms with van der Waals surface area (Å²) >= 11 is 5.86. The van der Waals surface area contributed by atoms with Gasteiger partial charge in [0.2, 0.25) is 5.78 Å². The lowest BCUT2D eigenvalue weighted by Crippen LogP contribution is -2.12. The van der Waals surface area contributed by atoms with Crippen LogP contribution >= 0.6 is 11.6 Å². The maximum atomic E-state index is 12.8. The zero-order chi connectivity index (χ0) is 23.5. The fraction of sp³-hybridized carbons (Fsp3) is 0.115. The number of fused-ring (bicyclic) bond motifs is 1. The molecule has 7 heteroatoms. The normalized spacial score (nSPS) is 13.4. The second-order valence-corrected chi connectivity index (χ2v) is 7.77. The van der Waals surface area contributed by atoms with Crippen LogP contribution in [0.3, 0.4) is 0 Å². The number of halogens is 1. The predicted octanol–water partition coefficient (Wildman–Crippen LogP) is 5.31. The third kappa shape index (κ3) is 4.66. The number of benzene rings is 3. The molecule has 4 rings (SSSR count). The minimum absolute atomic E-state index is 0.160. The van der Waals surface area contributed by atoms with Crippen molar-refractivity contribution in [2.45, 2.75) is 6.92 Å². The van der Waals surface area contributed by atoms with Crippen molar-refractivity contribution in [1.82, 2.24) is 0 Å². The van der Waals surface area contributed by atoms with E-state index in [4.69, 9.17) is 21.1 Å². The van der Waals surface area contributed by atoms with Gasteiger partial charge in [0.05, 0.1) is 18.2 Å². The predicted molar refractivity (Wildman–Crippen MR) is 123 cm³/mol. The summed E-state index contributed by atoms with van der Waals surface area (Å²) in [6, 6.07) is 16.5. The van der Waals surface area contributed by atoms with Gasteiger partial charge in [0.25, 0.3) is 0 Å². The van der Waals surface area contributed by atoms with Gasteiger partial charge in [-0.05, 0) is 67.1 Å². The molecule has 0 saturated heterocycles. The molecule has 0 unspecified atom stereocenters. The lowest BCUT2D eigenvalue weighted by atomic mass is 10.1. The number of allylic oxidation sites excluding steroid dienone is 1. The van der Waals surface area contributed by atoms with Crippen LogP contribution in [0.1, 0.15) is 42.2 Å². The number of methoxy groups -OCH3 is 1. The van der Waals surface area contributed by atoms with Crippen molar-refractivity contribution >= 4 is 35.2 Å². The van der Waals surface area contributed by atoms with Gasteiger partial charge in [0.1, 0.15) is 11.5 Å². The van der Waals surface area contributed by atoms with Crippen molar-refractivity contribution in [1.29, 1.82) is 0 Å². The van der Waals surface area contributed by atoms with Crippen LogP contribution in [0.5, 0.6) is 11.5 Å². The quantitative estimate of drug-likeness (QED) is 0.280. The molecule has 3 aromatic rings. The summed E-state index contributed by atoms with van der Waals surface area (Å²) < 4.78 is 16.2. The smallest absolute Gasteiger partial charge is 0.337 e. The van der Waals surface area contributed by atoms with Crippen LogP contribution in [0.25, 0.3) is 6.08 Å². The van der Waals surface area contributed by atoms with Crippen molar-refractivity contribution in [3.05, 3.63) is 99.3 Å². The summed E-state index contributed by atoms with van der Waals surface area (Å²) in [6.07, 6.45) is 1.60. The van der Waals surface area contributed by atoms with Gasteiger partial charge in [0.15, 0.2) is 18.1 Å². The molecule has 0 atom stereocenters. The number of carbonyl (C=O) groups excluding carboxylic acids is 3. The van der Waals surface area contributed by atoms with Crippen LogP contribution in [0, 0.1) is 6.92 Å². The van der Waals surface area contributed by atoms with Crippen LogP contribution < -0.4 is 9.47 Å². The summed E-state index contributed by atoms with van der Waals surface area (Å²) in [7, 11) is 1.31. The molecule has 33 heavy (non-hydrogen) atoms. The second kappa shape index (κ2) is 9.30. The zero-order valence-corrected chi connectivity index (χ0v) is 18.6. The number of esters is 1. The molecule has 1 heterocycles. The Morgan fingerprint density at radius 2 is 1.64 bits per heavy atom. The molecule has 0 spiro atoms. The molecule has 1 aliphatic heterocycles. The Morgan fingerprint density at radius 3 is 2.30 bits per heavy atom. The summed E-state index contributed by atoms with van der Waals surface area (Å²) in [5.41, 5.74) is 2.64. The second-order valence-electron chi connectivity index (χ2n) is 7.34. The SMILES string of the molecule is COC(=O)c1ccc(/C=C2\Oc3c(ccc(OCC(=O)c4ccc(Cl)cc4)c3C)C2=O)cc1. The first-order chi connectivity index (χ1) is 15.9. The third-order valence-electron chi connectivity index (χ3n) is 5.19. The average Bonchev–Trinajstić information content (AvgIpc) is 3.15. The maximum Gasteiger partial charge on any atom is 0.337 e. The molecular formula is C26H19ClO6. The highest BCUT2D eigenvalue weighted by Crippen LogP contribution is 2.39. The number of carbonyl (C=O) groups is 3. The average molecular weight is 463 g/mol. The maximum absolute atomic E-state index is 12.8. The lowest BCUT2D eigenvalue weighted by molar-refractivity contribution is 0.0600. The fourth-order valence-corrected chi connectivity index (χ4v) is 3.50. The Bertz CT molecular complexity index is 1270. The summed E-state index contributed by atoms with van der Waals surface area (Å²) in [4.78, 5) is 36.7. The van der Waals surface area contributed by atoms with E-state index in [0.717, 1.165) is 0 Å². The standard InChI is InChI=1S/C26H19ClO6/c1-15-22(32-14-21(28)17-7-9-19(27)10-8-17)12-11-20-24(29)23(33-25(15)20)13-16-3-5-18(6-4-16)26(30)31-2/h3-13H,14H2,1-2H3/b23-13-. The Balaban J connectivity index is 1.50. The highest BCUT2D eigenvalue weighted by atomic mass is 35.5. The molecule has 0 amide bonds. The van der Waals surface area contributed by atoms with E-state index in [-0.39, 0.29) is 23.9 Å². The van der Waals surface area contributed by atoms with Gasteiger partial charge in [-0.3, -0.25) is 9.59 Å². The molecular weight excluding hydrogens is 444 g/mol. The number of ether oxygens (including phenoxy) is 3. The molecule has 0 fully saturated rings. The molecule has 0 radical (unpaired) electrons. The van der Waals surface area contributed by atoms with Gasteiger partial charge < -0.3 is 14.2 Å². The molecule has 3 aromatic carbocycles. The van der Waals surface area contributed by atoms with E-state index in [1.807, 2.05) is 0 Å². The first kappa shape index (κ1) is 22.3. The summed E-state index contributed by atoms with van der Waals surface area (Å²) in [5, 5.41) is 0.548. The topological polar surface area (TPSA) is 78.9 Å². The van der Waals surface area contributed by atoms with Gasteiger partial charge in [-0.1, -0.05) is 23.7 Å². The van der Waals surface area contributed by atoms with Crippen LogP contribution in [0.4, 0.5) is 0 Å². The molecule has 0 N–H and O–H groups in total. The van der Waals surface area contributed by atoms with Crippen LogP contribution in [0.15, 0.2) is 66.4 Å². The number of Topliss-reactive ketones (excluding diaryl/α,β-unsaturated/α-hetero) is 2. The first-order valence-electron chi connectivity index (χ1n) is 10.0. The summed E-state index contributed by atoms with van der Waals surface area (Å²) in [5.74, 6) is 0.121. The van der Waals surface area contributed by atoms with E-state index in [0.29, 0.717) is 44.3 Å². The van der Waals surface area contributed by atoms with Crippen LogP contribution in [0.2, 0.25) is 5.02 Å². The van der Waals surface area contributed by atoms with Crippen molar-refractivity contribution in [2.75, 3.05) is 13.7 Å². The zero-order valence-electron chi connectivity index (χ0n) is 17.9. The molecule has 0 bridgehead atoms. The van der Waals surface area contributed by atoms with Gasteiger partial charge >= 0.3 is 5.97 Å². The molecule has 1 aliphatic rings. The van der Waals surface area contributed by atoms with Crippen molar-refractivity contribution in [2.24, 2.45) is 0 Å². The van der Waals surface area contributed by atoms with E-state index in [9.17, 15) is 14.4 Å². The number of ketones is 2. The fourth-order valence-electron chi connectivity index (χ4n) is 3.37. The Labute approximate surface area is 195 Å². The largest absolute Gasteiger partial charge is 0.485 e. The van der Waals surface area contributed by atoms with Gasteiger partial charge in [0, 0.05) is 16.1 Å². The van der Waals surface area contributed by atoms with Crippen molar-refractivity contribution in [3.63, 3.8) is 0 Å².